The Labute approximate surface area is 581 Å². The van der Waals surface area contributed by atoms with E-state index in [2.05, 4.69) is 137 Å². The molecule has 2 unspecified atom stereocenters. The summed E-state index contributed by atoms with van der Waals surface area (Å²) in [6.45, 7) is 12.2. The van der Waals surface area contributed by atoms with Crippen molar-refractivity contribution in [1.82, 2.24) is 65.4 Å². The molecule has 1 aliphatic carbocycles. The van der Waals surface area contributed by atoms with Crippen LogP contribution in [0.4, 0.5) is 57.9 Å². The second kappa shape index (κ2) is 40.1. The molecule has 2 atom stereocenters. The smallest absolute Gasteiger partial charge is 0.168 e. The number of ether oxygens (including phenoxy) is 1. The number of thioether (sulfide) groups is 1. The summed E-state index contributed by atoms with van der Waals surface area (Å²) >= 11 is 1.86. The zero-order valence-electron chi connectivity index (χ0n) is 55.5. The molecule has 19 heterocycles. The lowest BCUT2D eigenvalue weighted by Crippen LogP contribution is -2.23. The van der Waals surface area contributed by atoms with Gasteiger partial charge < -0.3 is 63.2 Å². The van der Waals surface area contributed by atoms with Crippen molar-refractivity contribution in [3.05, 3.63) is 181 Å². The number of hydrogen-bond donors (Lipinski definition) is 11. The van der Waals surface area contributed by atoms with E-state index in [9.17, 15) is 0 Å². The summed E-state index contributed by atoms with van der Waals surface area (Å²) in [5.41, 5.74) is 10.1. The fraction of sp³-hybridized carbons (Fsp3) is 0.425. The number of piperidine rings is 1. The molecule has 24 nitrogen and oxygen atoms in total. The number of nitrogens with one attached hydrogen (secondary N) is 11. The second-order valence-electron chi connectivity index (χ2n) is 24.2. The molecule has 11 N–H and O–H groups in total. The van der Waals surface area contributed by atoms with Crippen LogP contribution in [0.5, 0.6) is 5.75 Å². The maximum absolute atomic E-state index is 5.30. The van der Waals surface area contributed by atoms with E-state index in [4.69, 9.17) is 4.74 Å². The van der Waals surface area contributed by atoms with Gasteiger partial charge in [0.2, 0.25) is 0 Å². The summed E-state index contributed by atoms with van der Waals surface area (Å²) in [7, 11) is 0. The van der Waals surface area contributed by atoms with E-state index in [0.29, 0.717) is 0 Å². The molecule has 0 spiro atoms. The lowest BCUT2D eigenvalue weighted by atomic mass is 10.1. The first kappa shape index (κ1) is 71.0. The van der Waals surface area contributed by atoms with Crippen LogP contribution in [0.2, 0.25) is 0 Å². The normalized spacial score (nSPS) is 17.6. The Morgan fingerprint density at radius 1 is 0.388 bits per heavy atom. The molecule has 10 aliphatic heterocycles. The van der Waals surface area contributed by atoms with E-state index in [1.165, 1.54) is 116 Å². The molecule has 20 rings (SSSR count). The quantitative estimate of drug-likeness (QED) is 0.0672. The van der Waals surface area contributed by atoms with Crippen molar-refractivity contribution >= 4 is 69.7 Å². The van der Waals surface area contributed by atoms with Crippen molar-refractivity contribution in [1.29, 1.82) is 0 Å². The van der Waals surface area contributed by atoms with Crippen LogP contribution in [0.1, 0.15) is 98.7 Å². The third kappa shape index (κ3) is 22.7. The molecule has 0 amide bonds. The largest absolute Gasteiger partial charge is 0.488 e. The van der Waals surface area contributed by atoms with Gasteiger partial charge in [-0.15, -0.1) is 16.9 Å². The minimum absolute atomic E-state index is 0. The lowest BCUT2D eigenvalue weighted by molar-refractivity contribution is 0.321. The number of fused-ring (bicyclic) bond motifs is 11. The highest BCUT2D eigenvalue weighted by molar-refractivity contribution is 7.99. The molecule has 516 valence electrons. The maximum Gasteiger partial charge on any atom is 0.168 e. The number of aromatic nitrogens is 12. The van der Waals surface area contributed by atoms with Crippen molar-refractivity contribution < 1.29 is 4.74 Å². The topological polar surface area (TPSA) is 296 Å². The predicted molar refractivity (Wildman–Crippen MR) is 398 cm³/mol. The second-order valence-corrected chi connectivity index (χ2v) is 25.3. The van der Waals surface area contributed by atoms with Crippen LogP contribution in [-0.4, -0.2) is 150 Å². The van der Waals surface area contributed by atoms with Crippen molar-refractivity contribution in [3.8, 4) is 5.75 Å². The van der Waals surface area contributed by atoms with Gasteiger partial charge in [-0.2, -0.15) is 5.10 Å². The van der Waals surface area contributed by atoms with Crippen LogP contribution < -0.4 is 63.2 Å². The molecule has 1 saturated carbocycles. The fourth-order valence-corrected chi connectivity index (χ4v) is 13.0. The van der Waals surface area contributed by atoms with Crippen molar-refractivity contribution in [2.45, 2.75) is 115 Å². The standard InChI is InChI=1S/C9H12N2.C8H10N2.4C7H9N3.C7H8N2O.C7H8N2S.C7H8N2.C6H11N.CH4/c1-2-6-10-9-8(4-1)5-3-7-11-9;1-2-7-6-9-5-3-8(7)10-4-1;1-2-6-3-5-9-10-7(6)8-4-1;1-2-6-4-8-5-10-7(6)9-3-1;2*1-2-6-7(9-3-1)10-5-4-8-6;2*1-2-6-7(8-3-1)9-4-5-10-6;1-2-6-3-5-9-7(6)8-4-1;1-2-6-3-5(1)4-7-6;/h3,5,7H,1-2,4,6H2,(H,10,11);3,5-6,10H,1-2,4H2;3,5H,1-2,4H2,(H,8,10);4-5H,1-3H2,(H,8,9,10);4-5H,1-3H2,(H,9,10);1-3,8H,4-5H2,(H,9,10);2*1-3H,4-5H2,(H,8,9);1-2,4H,3,5H2,(H,8,9);5-7H,1-4H2;1H4. The van der Waals surface area contributed by atoms with Gasteiger partial charge in [0, 0.05) is 149 Å². The average Bonchev–Trinajstić information content (AvgIpc) is 1.92. The third-order valence-electron chi connectivity index (χ3n) is 17.2. The Bertz CT molecular complexity index is 3050. The molecule has 0 radical (unpaired) electrons. The van der Waals surface area contributed by atoms with E-state index >= 15 is 0 Å². The van der Waals surface area contributed by atoms with Gasteiger partial charge in [-0.1, -0.05) is 19.6 Å². The molecule has 1 saturated heterocycles. The Morgan fingerprint density at radius 3 is 1.70 bits per heavy atom. The number of nitrogens with zero attached hydrogens (tertiary/aromatic N) is 12. The molecule has 25 heteroatoms. The number of aryl methyl sites for hydroxylation is 5. The van der Waals surface area contributed by atoms with E-state index in [0.717, 1.165) is 179 Å². The van der Waals surface area contributed by atoms with E-state index < -0.39 is 0 Å². The molecular weight excluding hydrogens is 1250 g/mol. The summed E-state index contributed by atoms with van der Waals surface area (Å²) in [4.78, 5) is 42.5. The third-order valence-corrected chi connectivity index (χ3v) is 18.2. The summed E-state index contributed by atoms with van der Waals surface area (Å²) in [5, 5.41) is 43.4. The van der Waals surface area contributed by atoms with Gasteiger partial charge in [0.1, 0.15) is 47.8 Å². The monoisotopic (exact) mass is 1340 g/mol. The minimum atomic E-state index is 0. The highest BCUT2D eigenvalue weighted by Crippen LogP contribution is 2.31. The lowest BCUT2D eigenvalue weighted by Gasteiger charge is -2.17. The van der Waals surface area contributed by atoms with Gasteiger partial charge in [-0.05, 0) is 192 Å². The molecule has 9 aromatic heterocycles. The Balaban J connectivity index is 0.000000118. The molecule has 2 bridgehead atoms. The highest BCUT2D eigenvalue weighted by atomic mass is 32.2. The Hall–Kier alpha value is -9.75. The minimum Gasteiger partial charge on any atom is -0.488 e. The van der Waals surface area contributed by atoms with Gasteiger partial charge in [0.15, 0.2) is 17.4 Å². The first-order chi connectivity index (χ1) is 48.1. The van der Waals surface area contributed by atoms with Gasteiger partial charge in [0.05, 0.1) is 24.1 Å². The zero-order valence-corrected chi connectivity index (χ0v) is 56.3. The first-order valence-electron chi connectivity index (χ1n) is 34.6. The predicted octanol–water partition coefficient (Wildman–Crippen LogP) is 11.6. The average molecular weight is 1340 g/mol. The summed E-state index contributed by atoms with van der Waals surface area (Å²) in [5.74, 6) is 11.0. The number of hydrogen-bond acceptors (Lipinski definition) is 25. The van der Waals surface area contributed by atoms with Crippen LogP contribution in [0.3, 0.4) is 0 Å². The van der Waals surface area contributed by atoms with Gasteiger partial charge >= 0.3 is 0 Å². The van der Waals surface area contributed by atoms with E-state index in [1.807, 2.05) is 104 Å². The highest BCUT2D eigenvalue weighted by Gasteiger charge is 2.30. The van der Waals surface area contributed by atoms with Crippen molar-refractivity contribution in [2.75, 3.05) is 138 Å². The Morgan fingerprint density at radius 2 is 0.980 bits per heavy atom. The van der Waals surface area contributed by atoms with Crippen LogP contribution in [0.15, 0.2) is 152 Å². The van der Waals surface area contributed by atoms with Gasteiger partial charge in [-0.3, -0.25) is 9.97 Å². The van der Waals surface area contributed by atoms with E-state index in [-0.39, 0.29) is 7.43 Å². The van der Waals surface area contributed by atoms with Crippen LogP contribution in [-0.2, 0) is 38.5 Å². The van der Waals surface area contributed by atoms with Crippen LogP contribution in [0, 0.1) is 5.92 Å². The molecule has 2 fully saturated rings. The molecule has 98 heavy (non-hydrogen) atoms. The van der Waals surface area contributed by atoms with E-state index in [1.54, 1.807) is 37.3 Å². The summed E-state index contributed by atoms with van der Waals surface area (Å²) in [6.07, 6.45) is 40.0. The number of rotatable bonds is 0. The number of anilines is 10. The summed E-state index contributed by atoms with van der Waals surface area (Å²) in [6, 6.07) is 25.0. The molecule has 9 aromatic rings. The zero-order chi connectivity index (χ0) is 66.0. The SMILES string of the molecule is C.C1CC2CC1CN2.c1cc2c(cn1)CCCN2.c1cc2c(nn1)NCCC2.c1cnc2c(c1)CCCCN2.c1cnc2c(c1)CCN2.c1cnc2c(c1)NCCN2.c1cnc2c(c1)OCCN2.c1cnc2c(c1)SCCN2.c1cnc2c(n1)CCCN2.c1ncc2c(n1)NCCC2. The van der Waals surface area contributed by atoms with Gasteiger partial charge in [-0.25, -0.2) is 39.9 Å². The van der Waals surface area contributed by atoms with Crippen LogP contribution in [0.25, 0.3) is 0 Å². The maximum atomic E-state index is 5.30. The Kier molecular flexibility index (Phi) is 29.1. The van der Waals surface area contributed by atoms with Crippen molar-refractivity contribution in [2.24, 2.45) is 5.92 Å². The number of pyridine rings is 6. The molecule has 11 aliphatic rings. The van der Waals surface area contributed by atoms with Crippen LogP contribution >= 0.6 is 11.8 Å². The fourth-order valence-electron chi connectivity index (χ4n) is 12.2. The van der Waals surface area contributed by atoms with Crippen molar-refractivity contribution in [3.63, 3.8) is 0 Å². The molecular formula is C73H97N23OS. The first-order valence-corrected chi connectivity index (χ1v) is 35.6. The molecule has 0 aromatic carbocycles. The van der Waals surface area contributed by atoms with Gasteiger partial charge in [0.25, 0.3) is 0 Å². The summed E-state index contributed by atoms with van der Waals surface area (Å²) < 4.78 is 5.30.